The SMILES string of the molecule is COc1ccc2cc(CN(CCc3ccc(OC)c(OC)c3)C(=S)NC[C@H]3CCCO3)c(=O)[nH]c2c1. The number of aromatic nitrogens is 1. The van der Waals surface area contributed by atoms with Crippen LogP contribution in [0.3, 0.4) is 0 Å². The maximum atomic E-state index is 12.9. The van der Waals surface area contributed by atoms with Crippen molar-refractivity contribution in [1.82, 2.24) is 15.2 Å². The van der Waals surface area contributed by atoms with Crippen molar-refractivity contribution in [1.29, 1.82) is 0 Å². The number of nitrogens with one attached hydrogen (secondary N) is 2. The lowest BCUT2D eigenvalue weighted by atomic mass is 10.1. The summed E-state index contributed by atoms with van der Waals surface area (Å²) < 4.78 is 21.8. The topological polar surface area (TPSA) is 85.0 Å². The predicted octanol–water partition coefficient (Wildman–Crippen LogP) is 3.65. The van der Waals surface area contributed by atoms with E-state index < -0.39 is 0 Å². The minimum atomic E-state index is -0.145. The second-order valence-electron chi connectivity index (χ2n) is 8.76. The monoisotopic (exact) mass is 511 g/mol. The van der Waals surface area contributed by atoms with Gasteiger partial charge in [-0.05, 0) is 72.8 Å². The third-order valence-corrected chi connectivity index (χ3v) is 6.80. The van der Waals surface area contributed by atoms with Crippen molar-refractivity contribution in [3.8, 4) is 17.2 Å². The van der Waals surface area contributed by atoms with Gasteiger partial charge in [-0.1, -0.05) is 6.07 Å². The normalized spacial score (nSPS) is 15.0. The molecule has 0 saturated carbocycles. The van der Waals surface area contributed by atoms with Crippen LogP contribution in [0.1, 0.15) is 24.0 Å². The summed E-state index contributed by atoms with van der Waals surface area (Å²) in [5.74, 6) is 2.06. The average molecular weight is 512 g/mol. The first-order valence-corrected chi connectivity index (χ1v) is 12.5. The Kier molecular flexibility index (Phi) is 8.66. The van der Waals surface area contributed by atoms with Gasteiger partial charge in [-0.15, -0.1) is 0 Å². The molecule has 3 aromatic rings. The molecule has 1 fully saturated rings. The van der Waals surface area contributed by atoms with Crippen LogP contribution in [0.15, 0.2) is 47.3 Å². The van der Waals surface area contributed by atoms with Crippen LogP contribution in [0, 0.1) is 0 Å². The number of aromatic amines is 1. The highest BCUT2D eigenvalue weighted by Crippen LogP contribution is 2.28. The van der Waals surface area contributed by atoms with Gasteiger partial charge in [0.15, 0.2) is 16.6 Å². The van der Waals surface area contributed by atoms with Crippen LogP contribution in [0.25, 0.3) is 10.9 Å². The molecule has 36 heavy (non-hydrogen) atoms. The first kappa shape index (κ1) is 25.8. The summed E-state index contributed by atoms with van der Waals surface area (Å²) in [6.45, 7) is 2.44. The number of pyridine rings is 1. The zero-order valence-electron chi connectivity index (χ0n) is 21.0. The summed E-state index contributed by atoms with van der Waals surface area (Å²) in [6.07, 6.45) is 2.97. The number of rotatable bonds is 10. The van der Waals surface area contributed by atoms with Gasteiger partial charge in [-0.3, -0.25) is 4.79 Å². The second kappa shape index (κ2) is 12.1. The smallest absolute Gasteiger partial charge is 0.253 e. The molecule has 1 aliphatic heterocycles. The molecule has 2 aromatic carbocycles. The maximum absolute atomic E-state index is 12.9. The Balaban J connectivity index is 1.53. The maximum Gasteiger partial charge on any atom is 0.253 e. The van der Waals surface area contributed by atoms with Crippen LogP contribution in [0.2, 0.25) is 0 Å². The number of nitrogens with zero attached hydrogens (tertiary/aromatic N) is 1. The fraction of sp³-hybridized carbons (Fsp3) is 0.407. The Morgan fingerprint density at radius 2 is 1.94 bits per heavy atom. The Morgan fingerprint density at radius 3 is 2.67 bits per heavy atom. The highest BCUT2D eigenvalue weighted by molar-refractivity contribution is 7.80. The fourth-order valence-corrected chi connectivity index (χ4v) is 4.59. The number of fused-ring (bicyclic) bond motifs is 1. The predicted molar refractivity (Wildman–Crippen MR) is 144 cm³/mol. The molecular formula is C27H33N3O5S. The summed E-state index contributed by atoms with van der Waals surface area (Å²) in [5, 5.41) is 4.88. The largest absolute Gasteiger partial charge is 0.497 e. The zero-order chi connectivity index (χ0) is 25.5. The third-order valence-electron chi connectivity index (χ3n) is 6.40. The quantitative estimate of drug-likeness (QED) is 0.399. The van der Waals surface area contributed by atoms with Gasteiger partial charge < -0.3 is 34.1 Å². The van der Waals surface area contributed by atoms with Gasteiger partial charge in [0, 0.05) is 31.3 Å². The Hall–Kier alpha value is -3.30. The molecule has 4 rings (SSSR count). The molecule has 0 spiro atoms. The minimum Gasteiger partial charge on any atom is -0.497 e. The standard InChI is InChI=1S/C27H33N3O5S/c1-32-21-8-7-19-14-20(26(31)29-23(19)15-21)17-30(27(36)28-16-22-5-4-12-35-22)11-10-18-6-9-24(33-2)25(13-18)34-3/h6-9,13-15,22H,4-5,10-12,16-17H2,1-3H3,(H,28,36)(H,29,31)/t22-/m1/s1. The van der Waals surface area contributed by atoms with Crippen molar-refractivity contribution in [3.63, 3.8) is 0 Å². The van der Waals surface area contributed by atoms with E-state index in [2.05, 4.69) is 10.3 Å². The van der Waals surface area contributed by atoms with Crippen LogP contribution < -0.4 is 25.1 Å². The van der Waals surface area contributed by atoms with Crippen molar-refractivity contribution in [2.45, 2.75) is 31.9 Å². The van der Waals surface area contributed by atoms with E-state index in [1.807, 2.05) is 47.4 Å². The van der Waals surface area contributed by atoms with Crippen LogP contribution in [-0.4, -0.2) is 62.1 Å². The average Bonchev–Trinajstić information content (AvgIpc) is 3.43. The van der Waals surface area contributed by atoms with Crippen LogP contribution in [0.4, 0.5) is 0 Å². The van der Waals surface area contributed by atoms with Gasteiger partial charge in [0.2, 0.25) is 0 Å². The first-order valence-electron chi connectivity index (χ1n) is 12.1. The van der Waals surface area contributed by atoms with E-state index >= 15 is 0 Å². The van der Waals surface area contributed by atoms with Crippen molar-refractivity contribution in [2.75, 3.05) is 41.0 Å². The molecule has 1 atom stereocenters. The van der Waals surface area contributed by atoms with E-state index in [4.69, 9.17) is 31.2 Å². The van der Waals surface area contributed by atoms with Gasteiger partial charge in [0.1, 0.15) is 5.75 Å². The van der Waals surface area contributed by atoms with E-state index in [9.17, 15) is 4.79 Å². The number of thiocarbonyl (C=S) groups is 1. The Morgan fingerprint density at radius 1 is 1.11 bits per heavy atom. The van der Waals surface area contributed by atoms with Crippen LogP contribution in [0.5, 0.6) is 17.2 Å². The zero-order valence-corrected chi connectivity index (χ0v) is 21.8. The van der Waals surface area contributed by atoms with Crippen molar-refractivity contribution in [2.24, 2.45) is 0 Å². The molecule has 2 heterocycles. The van der Waals surface area contributed by atoms with Crippen molar-refractivity contribution >= 4 is 28.2 Å². The van der Waals surface area contributed by atoms with Gasteiger partial charge in [0.05, 0.1) is 39.5 Å². The van der Waals surface area contributed by atoms with Crippen molar-refractivity contribution in [3.05, 3.63) is 63.9 Å². The van der Waals surface area contributed by atoms with Gasteiger partial charge in [-0.2, -0.15) is 0 Å². The summed E-state index contributed by atoms with van der Waals surface area (Å²) in [4.78, 5) is 18.0. The van der Waals surface area contributed by atoms with Gasteiger partial charge in [-0.25, -0.2) is 0 Å². The summed E-state index contributed by atoms with van der Waals surface area (Å²) in [6, 6.07) is 13.4. The lowest BCUT2D eigenvalue weighted by Crippen LogP contribution is -2.43. The molecule has 192 valence electrons. The Labute approximate surface area is 216 Å². The van der Waals surface area contributed by atoms with E-state index in [1.54, 1.807) is 21.3 Å². The van der Waals surface area contributed by atoms with Crippen LogP contribution >= 0.6 is 12.2 Å². The Bertz CT molecular complexity index is 1260. The molecule has 0 amide bonds. The lowest BCUT2D eigenvalue weighted by Gasteiger charge is -2.27. The number of ether oxygens (including phenoxy) is 4. The highest BCUT2D eigenvalue weighted by Gasteiger charge is 2.19. The second-order valence-corrected chi connectivity index (χ2v) is 9.15. The lowest BCUT2D eigenvalue weighted by molar-refractivity contribution is 0.113. The van der Waals surface area contributed by atoms with E-state index in [0.29, 0.717) is 54.0 Å². The minimum absolute atomic E-state index is 0.145. The number of hydrogen-bond acceptors (Lipinski definition) is 6. The van der Waals surface area contributed by atoms with Crippen molar-refractivity contribution < 1.29 is 18.9 Å². The van der Waals surface area contributed by atoms with E-state index in [-0.39, 0.29) is 11.7 Å². The number of benzene rings is 2. The fourth-order valence-electron chi connectivity index (χ4n) is 4.35. The number of H-pyrrole nitrogens is 1. The number of hydrogen-bond donors (Lipinski definition) is 2. The molecule has 0 unspecified atom stereocenters. The third kappa shape index (κ3) is 6.27. The molecular weight excluding hydrogens is 478 g/mol. The molecule has 8 nitrogen and oxygen atoms in total. The molecule has 0 aliphatic carbocycles. The summed E-state index contributed by atoms with van der Waals surface area (Å²) >= 11 is 5.77. The molecule has 1 aromatic heterocycles. The highest BCUT2D eigenvalue weighted by atomic mass is 32.1. The number of methoxy groups -OCH3 is 3. The first-order chi connectivity index (χ1) is 17.5. The molecule has 2 N–H and O–H groups in total. The summed E-state index contributed by atoms with van der Waals surface area (Å²) in [7, 11) is 4.85. The van der Waals surface area contributed by atoms with Gasteiger partial charge in [0.25, 0.3) is 5.56 Å². The molecule has 9 heteroatoms. The molecule has 1 aliphatic rings. The van der Waals surface area contributed by atoms with Crippen LogP contribution in [-0.2, 0) is 17.7 Å². The van der Waals surface area contributed by atoms with E-state index in [1.165, 1.54) is 0 Å². The molecule has 0 radical (unpaired) electrons. The molecule has 1 saturated heterocycles. The molecule has 0 bridgehead atoms. The van der Waals surface area contributed by atoms with E-state index in [0.717, 1.165) is 35.9 Å². The van der Waals surface area contributed by atoms with Gasteiger partial charge >= 0.3 is 0 Å². The summed E-state index contributed by atoms with van der Waals surface area (Å²) in [5.41, 5.74) is 2.31.